The monoisotopic (exact) mass is 304 g/mol. The summed E-state index contributed by atoms with van der Waals surface area (Å²) in [7, 11) is 0. The Bertz CT molecular complexity index is 639. The Morgan fingerprint density at radius 2 is 1.81 bits per heavy atom. The van der Waals surface area contributed by atoms with E-state index in [-0.39, 0.29) is 16.3 Å². The van der Waals surface area contributed by atoms with Crippen LogP contribution >= 0.6 is 11.6 Å². The van der Waals surface area contributed by atoms with Crippen molar-refractivity contribution in [2.75, 3.05) is 17.7 Å². The van der Waals surface area contributed by atoms with Gasteiger partial charge in [0.2, 0.25) is 0 Å². The van der Waals surface area contributed by atoms with Crippen LogP contribution in [0.25, 0.3) is 0 Å². The van der Waals surface area contributed by atoms with Gasteiger partial charge in [0.05, 0.1) is 5.02 Å². The number of ether oxygens (including phenoxy) is 1. The maximum absolute atomic E-state index is 11.9. The van der Waals surface area contributed by atoms with Gasteiger partial charge in [-0.1, -0.05) is 35.9 Å². The molecule has 2 aromatic carbocycles. The second-order valence-electron chi connectivity index (χ2n) is 4.19. The van der Waals surface area contributed by atoms with E-state index >= 15 is 0 Å². The van der Waals surface area contributed by atoms with E-state index in [2.05, 4.69) is 5.32 Å². The second kappa shape index (κ2) is 6.76. The molecule has 0 bridgehead atoms. The van der Waals surface area contributed by atoms with Crippen LogP contribution in [0.2, 0.25) is 5.02 Å². The topological polar surface area (TPSA) is 81.4 Å². The Kier molecular flexibility index (Phi) is 4.79. The van der Waals surface area contributed by atoms with E-state index in [4.69, 9.17) is 22.1 Å². The van der Waals surface area contributed by atoms with Crippen molar-refractivity contribution in [3.05, 3.63) is 59.1 Å². The molecule has 5 nitrogen and oxygen atoms in total. The van der Waals surface area contributed by atoms with Crippen LogP contribution in [0.15, 0.2) is 48.5 Å². The molecule has 0 radical (unpaired) electrons. The minimum absolute atomic E-state index is 0.0617. The fourth-order valence-electron chi connectivity index (χ4n) is 1.68. The molecule has 0 heterocycles. The Balaban J connectivity index is 1.94. The molecule has 6 heteroatoms. The third-order valence-corrected chi connectivity index (χ3v) is 2.96. The van der Waals surface area contributed by atoms with Gasteiger partial charge in [-0.25, -0.2) is 4.79 Å². The van der Waals surface area contributed by atoms with Crippen molar-refractivity contribution in [2.45, 2.75) is 0 Å². The van der Waals surface area contributed by atoms with Gasteiger partial charge in [-0.05, 0) is 24.3 Å². The lowest BCUT2D eigenvalue weighted by molar-refractivity contribution is -0.119. The van der Waals surface area contributed by atoms with Gasteiger partial charge in [0.25, 0.3) is 5.91 Å². The predicted octanol–water partition coefficient (Wildman–Crippen LogP) is 2.72. The molecule has 2 aromatic rings. The molecule has 0 fully saturated rings. The summed E-state index contributed by atoms with van der Waals surface area (Å²) in [5, 5.41) is 2.78. The first-order valence-electron chi connectivity index (χ1n) is 6.14. The number of benzene rings is 2. The molecule has 0 aliphatic rings. The number of hydrogen-bond donors (Lipinski definition) is 2. The summed E-state index contributed by atoms with van der Waals surface area (Å²) in [6, 6.07) is 13.5. The first-order chi connectivity index (χ1) is 10.1. The van der Waals surface area contributed by atoms with Crippen LogP contribution in [0.4, 0.5) is 11.4 Å². The molecule has 0 aliphatic heterocycles. The average Bonchev–Trinajstić information content (AvgIpc) is 2.46. The van der Waals surface area contributed by atoms with Gasteiger partial charge in [0, 0.05) is 11.4 Å². The minimum Gasteiger partial charge on any atom is -0.452 e. The highest BCUT2D eigenvalue weighted by atomic mass is 35.5. The van der Waals surface area contributed by atoms with Crippen LogP contribution < -0.4 is 11.1 Å². The fourth-order valence-corrected chi connectivity index (χ4v) is 1.94. The molecular formula is C15H13ClN2O3. The number of carbonyl (C=O) groups excluding carboxylic acids is 2. The zero-order valence-electron chi connectivity index (χ0n) is 11.0. The molecule has 0 spiro atoms. The number of halogens is 1. The maximum atomic E-state index is 11.9. The highest BCUT2D eigenvalue weighted by Crippen LogP contribution is 2.22. The number of para-hydroxylation sites is 1. The normalized spacial score (nSPS) is 9.95. The van der Waals surface area contributed by atoms with E-state index in [0.29, 0.717) is 5.69 Å². The van der Waals surface area contributed by atoms with E-state index in [1.165, 1.54) is 12.1 Å². The molecule has 3 N–H and O–H groups in total. The van der Waals surface area contributed by atoms with Gasteiger partial charge in [-0.2, -0.15) is 0 Å². The number of nitrogens with one attached hydrogen (secondary N) is 1. The lowest BCUT2D eigenvalue weighted by Crippen LogP contribution is -2.21. The number of hydrogen-bond acceptors (Lipinski definition) is 4. The van der Waals surface area contributed by atoms with Gasteiger partial charge in [-0.3, -0.25) is 4.79 Å². The molecule has 1 amide bonds. The van der Waals surface area contributed by atoms with Crippen LogP contribution in [0.3, 0.4) is 0 Å². The molecule has 2 rings (SSSR count). The standard InChI is InChI=1S/C15H13ClN2O3/c16-11-7-4-8-12(17)14(11)15(20)21-9-13(19)18-10-5-2-1-3-6-10/h1-8H,9,17H2,(H,18,19). The van der Waals surface area contributed by atoms with Gasteiger partial charge < -0.3 is 15.8 Å². The Morgan fingerprint density at radius 1 is 1.10 bits per heavy atom. The maximum Gasteiger partial charge on any atom is 0.342 e. The lowest BCUT2D eigenvalue weighted by Gasteiger charge is -2.09. The highest BCUT2D eigenvalue weighted by Gasteiger charge is 2.16. The summed E-state index contributed by atoms with van der Waals surface area (Å²) in [4.78, 5) is 23.5. The molecule has 108 valence electrons. The molecule has 0 unspecified atom stereocenters. The van der Waals surface area contributed by atoms with Crippen molar-refractivity contribution >= 4 is 34.9 Å². The Morgan fingerprint density at radius 3 is 2.48 bits per heavy atom. The number of esters is 1. The average molecular weight is 305 g/mol. The number of nitrogen functional groups attached to an aromatic ring is 1. The summed E-state index contributed by atoms with van der Waals surface area (Å²) < 4.78 is 4.91. The van der Waals surface area contributed by atoms with Gasteiger partial charge in [0.1, 0.15) is 5.56 Å². The van der Waals surface area contributed by atoms with Crippen LogP contribution in [-0.4, -0.2) is 18.5 Å². The zero-order valence-corrected chi connectivity index (χ0v) is 11.8. The van der Waals surface area contributed by atoms with Crippen molar-refractivity contribution in [3.63, 3.8) is 0 Å². The molecule has 0 saturated heterocycles. The van der Waals surface area contributed by atoms with Crippen LogP contribution in [0, 0.1) is 0 Å². The van der Waals surface area contributed by atoms with Gasteiger partial charge in [-0.15, -0.1) is 0 Å². The SMILES string of the molecule is Nc1cccc(Cl)c1C(=O)OCC(=O)Nc1ccccc1. The molecule has 0 aliphatic carbocycles. The minimum atomic E-state index is -0.735. The Hall–Kier alpha value is -2.53. The predicted molar refractivity (Wildman–Crippen MR) is 81.2 cm³/mol. The molecule has 21 heavy (non-hydrogen) atoms. The molecule has 0 atom stereocenters. The number of rotatable bonds is 4. The Labute approximate surface area is 126 Å². The second-order valence-corrected chi connectivity index (χ2v) is 4.60. The van der Waals surface area contributed by atoms with Crippen molar-refractivity contribution in [3.8, 4) is 0 Å². The number of amides is 1. The van der Waals surface area contributed by atoms with Crippen LogP contribution in [-0.2, 0) is 9.53 Å². The molecular weight excluding hydrogens is 292 g/mol. The van der Waals surface area contributed by atoms with Crippen molar-refractivity contribution in [1.82, 2.24) is 0 Å². The fraction of sp³-hybridized carbons (Fsp3) is 0.0667. The largest absolute Gasteiger partial charge is 0.452 e. The van der Waals surface area contributed by atoms with E-state index in [1.54, 1.807) is 30.3 Å². The first kappa shape index (κ1) is 14.9. The van der Waals surface area contributed by atoms with E-state index < -0.39 is 18.5 Å². The van der Waals surface area contributed by atoms with Crippen molar-refractivity contribution in [2.24, 2.45) is 0 Å². The zero-order chi connectivity index (χ0) is 15.2. The smallest absolute Gasteiger partial charge is 0.342 e. The number of nitrogens with two attached hydrogens (primary N) is 1. The molecule has 0 saturated carbocycles. The number of carbonyl (C=O) groups is 2. The molecule has 0 aromatic heterocycles. The van der Waals surface area contributed by atoms with Crippen molar-refractivity contribution < 1.29 is 14.3 Å². The quantitative estimate of drug-likeness (QED) is 0.672. The summed E-state index contributed by atoms with van der Waals surface area (Å²) >= 11 is 5.89. The summed E-state index contributed by atoms with van der Waals surface area (Å²) in [6.45, 7) is -0.418. The van der Waals surface area contributed by atoms with E-state index in [1.807, 2.05) is 6.07 Å². The third kappa shape index (κ3) is 3.97. The van der Waals surface area contributed by atoms with E-state index in [9.17, 15) is 9.59 Å². The van der Waals surface area contributed by atoms with Crippen molar-refractivity contribution in [1.29, 1.82) is 0 Å². The van der Waals surface area contributed by atoms with Crippen LogP contribution in [0.1, 0.15) is 10.4 Å². The van der Waals surface area contributed by atoms with Gasteiger partial charge in [0.15, 0.2) is 6.61 Å². The van der Waals surface area contributed by atoms with Gasteiger partial charge >= 0.3 is 5.97 Å². The van der Waals surface area contributed by atoms with E-state index in [0.717, 1.165) is 0 Å². The van der Waals surface area contributed by atoms with Crippen LogP contribution in [0.5, 0.6) is 0 Å². The lowest BCUT2D eigenvalue weighted by atomic mass is 10.2. The summed E-state index contributed by atoms with van der Waals surface area (Å²) in [6.07, 6.45) is 0. The first-order valence-corrected chi connectivity index (χ1v) is 6.51. The summed E-state index contributed by atoms with van der Waals surface area (Å²) in [5.74, 6) is -1.18. The third-order valence-electron chi connectivity index (χ3n) is 2.64. The highest BCUT2D eigenvalue weighted by molar-refractivity contribution is 6.34. The number of anilines is 2. The summed E-state index contributed by atoms with van der Waals surface area (Å²) in [5.41, 5.74) is 6.55.